The van der Waals surface area contributed by atoms with Crippen LogP contribution in [0.5, 0.6) is 5.75 Å². The van der Waals surface area contributed by atoms with Gasteiger partial charge in [0.15, 0.2) is 0 Å². The molecule has 2 aliphatic heterocycles. The molecule has 0 aliphatic carbocycles. The molecule has 1 N–H and O–H groups in total. The van der Waals surface area contributed by atoms with E-state index in [2.05, 4.69) is 5.32 Å². The molecule has 2 aliphatic rings. The zero-order valence-electron chi connectivity index (χ0n) is 19.1. The highest BCUT2D eigenvalue weighted by Crippen LogP contribution is 2.40. The number of benzene rings is 3. The van der Waals surface area contributed by atoms with Gasteiger partial charge in [0, 0.05) is 5.02 Å². The van der Waals surface area contributed by atoms with Crippen LogP contribution in [-0.2, 0) is 15.1 Å². The van der Waals surface area contributed by atoms with Gasteiger partial charge < -0.3 is 10.1 Å². The maximum atomic E-state index is 13.8. The summed E-state index contributed by atoms with van der Waals surface area (Å²) in [6.07, 6.45) is 0.330. The first-order valence-corrected chi connectivity index (χ1v) is 11.8. The van der Waals surface area contributed by atoms with Gasteiger partial charge >= 0.3 is 6.03 Å². The minimum absolute atomic E-state index is 0.260. The molecule has 35 heavy (non-hydrogen) atoms. The molecule has 2 unspecified atom stereocenters. The number of amides is 4. The predicted molar refractivity (Wildman–Crippen MR) is 132 cm³/mol. The van der Waals surface area contributed by atoms with Crippen molar-refractivity contribution in [2.45, 2.75) is 24.9 Å². The van der Waals surface area contributed by atoms with Crippen molar-refractivity contribution in [3.8, 4) is 5.75 Å². The molecule has 1 saturated heterocycles. The Bertz CT molecular complexity index is 1280. The number of fused-ring (bicyclic) bond motifs is 1. The van der Waals surface area contributed by atoms with Gasteiger partial charge in [-0.1, -0.05) is 73.1 Å². The average molecular weight is 490 g/mol. The Balaban J connectivity index is 1.47. The van der Waals surface area contributed by atoms with Gasteiger partial charge in [-0.3, -0.25) is 19.4 Å². The number of anilines is 1. The van der Waals surface area contributed by atoms with Crippen molar-refractivity contribution in [3.05, 3.63) is 95.0 Å². The first-order chi connectivity index (χ1) is 16.9. The summed E-state index contributed by atoms with van der Waals surface area (Å²) < 4.78 is 5.94. The van der Waals surface area contributed by atoms with Gasteiger partial charge in [0.25, 0.3) is 5.91 Å². The lowest BCUT2D eigenvalue weighted by atomic mass is 9.87. The van der Waals surface area contributed by atoms with Gasteiger partial charge in [-0.15, -0.1) is 0 Å². The topological polar surface area (TPSA) is 79.0 Å². The smallest absolute Gasteiger partial charge is 0.325 e. The molecule has 0 saturated carbocycles. The predicted octanol–water partition coefficient (Wildman–Crippen LogP) is 4.66. The molecule has 0 radical (unpaired) electrons. The van der Waals surface area contributed by atoms with E-state index in [1.54, 1.807) is 41.3 Å². The summed E-state index contributed by atoms with van der Waals surface area (Å²) in [6, 6.07) is 22.6. The highest BCUT2D eigenvalue weighted by atomic mass is 35.5. The number of carbonyl (C=O) groups is 3. The lowest BCUT2D eigenvalue weighted by Gasteiger charge is -2.37. The second kappa shape index (κ2) is 9.07. The van der Waals surface area contributed by atoms with Crippen LogP contribution in [0.4, 0.5) is 10.5 Å². The van der Waals surface area contributed by atoms with E-state index in [9.17, 15) is 14.4 Å². The van der Waals surface area contributed by atoms with Crippen LogP contribution in [0.3, 0.4) is 0 Å². The number of rotatable bonds is 5. The molecule has 8 heteroatoms. The Morgan fingerprint density at radius 2 is 1.71 bits per heavy atom. The average Bonchev–Trinajstić information content (AvgIpc) is 3.14. The van der Waals surface area contributed by atoms with E-state index in [0.29, 0.717) is 28.4 Å². The summed E-state index contributed by atoms with van der Waals surface area (Å²) in [6.45, 7) is 1.69. The summed E-state index contributed by atoms with van der Waals surface area (Å²) in [5, 5.41) is 3.35. The molecule has 3 aromatic rings. The largest absolute Gasteiger partial charge is 0.489 e. The molecule has 5 rings (SSSR count). The standard InChI is InChI=1S/C27H24ClN3O4/c1-2-27(19-12-14-20(28)15-13-19)25(33)30(26(34)29-27)16-24(32)31-21-10-6-7-11-23(21)35-17-22(31)18-8-4-3-5-9-18/h3-15,22H,2,16-17H2,1H3,(H,29,34). The maximum absolute atomic E-state index is 13.8. The van der Waals surface area contributed by atoms with E-state index in [4.69, 9.17) is 16.3 Å². The Hall–Kier alpha value is -3.84. The molecule has 0 bridgehead atoms. The molecular formula is C27H24ClN3O4. The van der Waals surface area contributed by atoms with Gasteiger partial charge in [0.05, 0.1) is 11.7 Å². The van der Waals surface area contributed by atoms with Gasteiger partial charge in [0.2, 0.25) is 5.91 Å². The Kier molecular flexibility index (Phi) is 5.94. The zero-order chi connectivity index (χ0) is 24.6. The molecule has 0 spiro atoms. The van der Waals surface area contributed by atoms with Gasteiger partial charge in [-0.25, -0.2) is 4.79 Å². The Labute approximate surface area is 208 Å². The molecule has 178 valence electrons. The van der Waals surface area contributed by atoms with E-state index in [-0.39, 0.29) is 12.5 Å². The third-order valence-corrected chi connectivity index (χ3v) is 6.87. The van der Waals surface area contributed by atoms with E-state index < -0.39 is 30.1 Å². The number of nitrogens with one attached hydrogen (secondary N) is 1. The number of ether oxygens (including phenoxy) is 1. The molecule has 2 atom stereocenters. The summed E-state index contributed by atoms with van der Waals surface area (Å²) in [5.41, 5.74) is 0.876. The quantitative estimate of drug-likeness (QED) is 0.528. The summed E-state index contributed by atoms with van der Waals surface area (Å²) >= 11 is 6.02. The van der Waals surface area contributed by atoms with Crippen LogP contribution in [-0.4, -0.2) is 35.9 Å². The van der Waals surface area contributed by atoms with Crippen molar-refractivity contribution in [2.75, 3.05) is 18.1 Å². The van der Waals surface area contributed by atoms with E-state index in [1.807, 2.05) is 49.4 Å². The fourth-order valence-corrected chi connectivity index (χ4v) is 4.90. The third-order valence-electron chi connectivity index (χ3n) is 6.62. The van der Waals surface area contributed by atoms with Crippen molar-refractivity contribution in [3.63, 3.8) is 0 Å². The summed E-state index contributed by atoms with van der Waals surface area (Å²) in [5.74, 6) is -0.256. The Morgan fingerprint density at radius 3 is 2.43 bits per heavy atom. The van der Waals surface area contributed by atoms with Crippen LogP contribution in [0.2, 0.25) is 5.02 Å². The summed E-state index contributed by atoms with van der Waals surface area (Å²) in [7, 11) is 0. The van der Waals surface area contributed by atoms with Crippen LogP contribution in [0.15, 0.2) is 78.9 Å². The zero-order valence-corrected chi connectivity index (χ0v) is 19.9. The number of carbonyl (C=O) groups excluding carboxylic acids is 3. The number of imide groups is 1. The minimum Gasteiger partial charge on any atom is -0.489 e. The highest BCUT2D eigenvalue weighted by Gasteiger charge is 2.52. The van der Waals surface area contributed by atoms with Crippen LogP contribution in [0, 0.1) is 0 Å². The molecular weight excluding hydrogens is 466 g/mol. The van der Waals surface area contributed by atoms with Gasteiger partial charge in [0.1, 0.15) is 24.4 Å². The fourth-order valence-electron chi connectivity index (χ4n) is 4.77. The number of nitrogens with zero attached hydrogens (tertiary/aromatic N) is 2. The molecule has 3 aromatic carbocycles. The van der Waals surface area contributed by atoms with Crippen LogP contribution < -0.4 is 15.0 Å². The van der Waals surface area contributed by atoms with Gasteiger partial charge in [-0.2, -0.15) is 0 Å². The minimum atomic E-state index is -1.25. The third kappa shape index (κ3) is 3.91. The van der Waals surface area contributed by atoms with Gasteiger partial charge in [-0.05, 0) is 41.8 Å². The monoisotopic (exact) mass is 489 g/mol. The number of hydrogen-bond donors (Lipinski definition) is 1. The van der Waals surface area contributed by atoms with Crippen molar-refractivity contribution < 1.29 is 19.1 Å². The SMILES string of the molecule is CCC1(c2ccc(Cl)cc2)NC(=O)N(CC(=O)N2c3ccccc3OCC2c2ccccc2)C1=O. The number of halogens is 1. The first-order valence-electron chi connectivity index (χ1n) is 11.4. The number of hydrogen-bond acceptors (Lipinski definition) is 4. The van der Waals surface area contributed by atoms with Crippen molar-refractivity contribution in [2.24, 2.45) is 0 Å². The van der Waals surface area contributed by atoms with Crippen LogP contribution in [0.25, 0.3) is 0 Å². The number of urea groups is 1. The Morgan fingerprint density at radius 1 is 1.03 bits per heavy atom. The maximum Gasteiger partial charge on any atom is 0.325 e. The molecule has 7 nitrogen and oxygen atoms in total. The molecule has 1 fully saturated rings. The van der Waals surface area contributed by atoms with E-state index >= 15 is 0 Å². The lowest BCUT2D eigenvalue weighted by molar-refractivity contribution is -0.135. The summed E-state index contributed by atoms with van der Waals surface area (Å²) in [4.78, 5) is 43.0. The lowest BCUT2D eigenvalue weighted by Crippen LogP contribution is -2.48. The van der Waals surface area contributed by atoms with Crippen LogP contribution in [0.1, 0.15) is 30.5 Å². The molecule has 0 aromatic heterocycles. The van der Waals surface area contributed by atoms with E-state index in [1.165, 1.54) is 0 Å². The molecule has 4 amide bonds. The molecule has 2 heterocycles. The van der Waals surface area contributed by atoms with Crippen molar-refractivity contribution in [1.82, 2.24) is 10.2 Å². The second-order valence-corrected chi connectivity index (χ2v) is 8.99. The second-order valence-electron chi connectivity index (χ2n) is 8.56. The van der Waals surface area contributed by atoms with Crippen molar-refractivity contribution >= 4 is 35.1 Å². The van der Waals surface area contributed by atoms with E-state index in [0.717, 1.165) is 10.5 Å². The van der Waals surface area contributed by atoms with Crippen molar-refractivity contribution in [1.29, 1.82) is 0 Å². The highest BCUT2D eigenvalue weighted by molar-refractivity contribution is 6.30. The number of para-hydroxylation sites is 2. The fraction of sp³-hybridized carbons (Fsp3) is 0.222. The first kappa shape index (κ1) is 22.9. The van der Waals surface area contributed by atoms with Crippen LogP contribution >= 0.6 is 11.6 Å². The normalized spacial score (nSPS) is 21.4.